The molecule has 3 aromatic rings. The molecular weight excluding hydrogens is 322 g/mol. The van der Waals surface area contributed by atoms with Gasteiger partial charge in [0.1, 0.15) is 22.7 Å². The lowest BCUT2D eigenvalue weighted by Crippen LogP contribution is -2.22. The summed E-state index contributed by atoms with van der Waals surface area (Å²) in [5, 5.41) is 10.3. The summed E-state index contributed by atoms with van der Waals surface area (Å²) in [6, 6.07) is 8.12. The summed E-state index contributed by atoms with van der Waals surface area (Å²) < 4.78 is 5.53. The minimum Gasteiger partial charge on any atom is -0.494 e. The highest BCUT2D eigenvalue weighted by Crippen LogP contribution is 2.41. The molecule has 1 N–H and O–H groups in total. The number of thiophene rings is 1. The van der Waals surface area contributed by atoms with Gasteiger partial charge in [-0.25, -0.2) is 9.97 Å². The molecule has 0 saturated carbocycles. The van der Waals surface area contributed by atoms with Crippen LogP contribution in [0.4, 0.5) is 5.82 Å². The van der Waals surface area contributed by atoms with Crippen molar-refractivity contribution in [2.45, 2.75) is 13.8 Å². The fourth-order valence-electron chi connectivity index (χ4n) is 2.81. The molecule has 0 aliphatic rings. The van der Waals surface area contributed by atoms with Crippen LogP contribution in [0.15, 0.2) is 30.6 Å². The lowest BCUT2D eigenvalue weighted by Gasteiger charge is -2.18. The average molecular weight is 343 g/mol. The van der Waals surface area contributed by atoms with Gasteiger partial charge < -0.3 is 14.7 Å². The molecule has 0 fully saturated rings. The van der Waals surface area contributed by atoms with E-state index >= 15 is 0 Å². The van der Waals surface area contributed by atoms with E-state index < -0.39 is 0 Å². The van der Waals surface area contributed by atoms with Gasteiger partial charge in [-0.3, -0.25) is 0 Å². The zero-order chi connectivity index (χ0) is 17.1. The van der Waals surface area contributed by atoms with Gasteiger partial charge in [0.2, 0.25) is 0 Å². The molecular formula is C18H21N3O2S. The molecule has 0 aliphatic heterocycles. The summed E-state index contributed by atoms with van der Waals surface area (Å²) in [4.78, 5) is 13.0. The zero-order valence-corrected chi connectivity index (χ0v) is 14.9. The van der Waals surface area contributed by atoms with Crippen molar-refractivity contribution in [3.05, 3.63) is 35.5 Å². The predicted octanol–water partition coefficient (Wildman–Crippen LogP) is 3.49. The van der Waals surface area contributed by atoms with Crippen LogP contribution >= 0.6 is 11.3 Å². The maximum absolute atomic E-state index is 9.25. The fourth-order valence-corrected chi connectivity index (χ4v) is 3.81. The summed E-state index contributed by atoms with van der Waals surface area (Å²) in [5.74, 6) is 1.72. The van der Waals surface area contributed by atoms with Gasteiger partial charge >= 0.3 is 0 Å². The molecule has 0 radical (unpaired) electrons. The van der Waals surface area contributed by atoms with Crippen molar-refractivity contribution in [3.8, 4) is 16.9 Å². The van der Waals surface area contributed by atoms with E-state index in [-0.39, 0.29) is 6.61 Å². The number of hydrogen-bond acceptors (Lipinski definition) is 6. The number of anilines is 1. The van der Waals surface area contributed by atoms with E-state index in [4.69, 9.17) is 4.74 Å². The molecule has 0 unspecified atom stereocenters. The van der Waals surface area contributed by atoms with E-state index in [1.54, 1.807) is 17.7 Å². The first kappa shape index (κ1) is 16.7. The van der Waals surface area contributed by atoms with Gasteiger partial charge in [-0.1, -0.05) is 12.1 Å². The largest absolute Gasteiger partial charge is 0.494 e. The molecule has 3 rings (SSSR count). The molecule has 1 aromatic carbocycles. The summed E-state index contributed by atoms with van der Waals surface area (Å²) in [6.07, 6.45) is 1.59. The number of aliphatic hydroxyl groups is 1. The molecule has 126 valence electrons. The van der Waals surface area contributed by atoms with E-state index in [2.05, 4.69) is 29.0 Å². The van der Waals surface area contributed by atoms with Gasteiger partial charge in [-0.2, -0.15) is 0 Å². The number of fused-ring (bicyclic) bond motifs is 1. The number of rotatable bonds is 6. The Kier molecular flexibility index (Phi) is 4.97. The molecule has 0 aliphatic carbocycles. The zero-order valence-electron chi connectivity index (χ0n) is 14.1. The number of ether oxygens (including phenoxy) is 1. The normalized spacial score (nSPS) is 11.0. The average Bonchev–Trinajstić information content (AvgIpc) is 2.92. The van der Waals surface area contributed by atoms with Crippen molar-refractivity contribution in [2.24, 2.45) is 0 Å². The summed E-state index contributed by atoms with van der Waals surface area (Å²) >= 11 is 1.67. The van der Waals surface area contributed by atoms with Gasteiger partial charge in [0.25, 0.3) is 0 Å². The van der Waals surface area contributed by atoms with Crippen LogP contribution in [0.3, 0.4) is 0 Å². The Labute approximate surface area is 145 Å². The number of aliphatic hydroxyl groups excluding tert-OH is 1. The van der Waals surface area contributed by atoms with Gasteiger partial charge in [0.05, 0.1) is 18.6 Å². The number of nitrogens with zero attached hydrogens (tertiary/aromatic N) is 3. The lowest BCUT2D eigenvalue weighted by molar-refractivity contribution is 0.304. The molecule has 2 heterocycles. The molecule has 0 spiro atoms. The molecule has 0 saturated heterocycles. The van der Waals surface area contributed by atoms with Crippen LogP contribution in [0.25, 0.3) is 21.3 Å². The van der Waals surface area contributed by atoms with Crippen molar-refractivity contribution in [1.82, 2.24) is 9.97 Å². The van der Waals surface area contributed by atoms with Crippen molar-refractivity contribution in [2.75, 3.05) is 31.7 Å². The highest BCUT2D eigenvalue weighted by Gasteiger charge is 2.18. The van der Waals surface area contributed by atoms with Crippen molar-refractivity contribution >= 4 is 27.4 Å². The SMILES string of the molecule is CCOc1ccc(-c2c(C)sc3ncnc(N(C)CCO)c23)cc1. The first-order valence-electron chi connectivity index (χ1n) is 7.95. The van der Waals surface area contributed by atoms with Crippen LogP contribution in [-0.2, 0) is 0 Å². The number of likely N-dealkylation sites (N-methyl/N-ethyl adjacent to an activating group) is 1. The molecule has 6 heteroatoms. The Morgan fingerprint density at radius 2 is 1.96 bits per heavy atom. The van der Waals surface area contributed by atoms with Crippen LogP contribution in [0.2, 0.25) is 0 Å². The fraction of sp³-hybridized carbons (Fsp3) is 0.333. The molecule has 0 bridgehead atoms. The van der Waals surface area contributed by atoms with Crippen LogP contribution < -0.4 is 9.64 Å². The summed E-state index contributed by atoms with van der Waals surface area (Å²) in [6.45, 7) is 5.36. The first-order chi connectivity index (χ1) is 11.7. The van der Waals surface area contributed by atoms with E-state index in [1.165, 1.54) is 4.88 Å². The Balaban J connectivity index is 2.14. The van der Waals surface area contributed by atoms with E-state index in [1.807, 2.05) is 31.0 Å². The van der Waals surface area contributed by atoms with E-state index in [9.17, 15) is 5.11 Å². The maximum atomic E-state index is 9.25. The maximum Gasteiger partial charge on any atom is 0.141 e. The smallest absolute Gasteiger partial charge is 0.141 e. The molecule has 0 amide bonds. The van der Waals surface area contributed by atoms with Gasteiger partial charge in [-0.15, -0.1) is 11.3 Å². The summed E-state index contributed by atoms with van der Waals surface area (Å²) in [7, 11) is 1.94. The van der Waals surface area contributed by atoms with Crippen LogP contribution in [-0.4, -0.2) is 41.9 Å². The number of aromatic nitrogens is 2. The van der Waals surface area contributed by atoms with Gasteiger partial charge in [0, 0.05) is 24.0 Å². The Morgan fingerprint density at radius 1 is 1.21 bits per heavy atom. The standard InChI is InChI=1S/C18H21N3O2S/c1-4-23-14-7-5-13(6-8-14)15-12(2)24-18-16(15)17(19-11-20-18)21(3)9-10-22/h5-8,11,22H,4,9-10H2,1-3H3. The second-order valence-electron chi connectivity index (χ2n) is 5.51. The second-order valence-corrected chi connectivity index (χ2v) is 6.72. The topological polar surface area (TPSA) is 58.5 Å². The van der Waals surface area contributed by atoms with Crippen molar-refractivity contribution in [1.29, 1.82) is 0 Å². The third-order valence-corrected chi connectivity index (χ3v) is 4.91. The number of benzene rings is 1. The van der Waals surface area contributed by atoms with Gasteiger partial charge in [0.15, 0.2) is 0 Å². The predicted molar refractivity (Wildman–Crippen MR) is 99.1 cm³/mol. The van der Waals surface area contributed by atoms with E-state index in [0.29, 0.717) is 13.2 Å². The Hall–Kier alpha value is -2.18. The van der Waals surface area contributed by atoms with Crippen LogP contribution in [0.1, 0.15) is 11.8 Å². The molecule has 24 heavy (non-hydrogen) atoms. The lowest BCUT2D eigenvalue weighted by atomic mass is 10.0. The first-order valence-corrected chi connectivity index (χ1v) is 8.76. The van der Waals surface area contributed by atoms with Crippen LogP contribution in [0.5, 0.6) is 5.75 Å². The molecule has 0 atom stereocenters. The third kappa shape index (κ3) is 3.07. The minimum atomic E-state index is 0.0868. The monoisotopic (exact) mass is 343 g/mol. The van der Waals surface area contributed by atoms with Crippen molar-refractivity contribution < 1.29 is 9.84 Å². The Morgan fingerprint density at radius 3 is 2.62 bits per heavy atom. The molecule has 5 nitrogen and oxygen atoms in total. The van der Waals surface area contributed by atoms with Crippen molar-refractivity contribution in [3.63, 3.8) is 0 Å². The number of hydrogen-bond donors (Lipinski definition) is 1. The highest BCUT2D eigenvalue weighted by molar-refractivity contribution is 7.19. The third-order valence-electron chi connectivity index (χ3n) is 3.90. The minimum absolute atomic E-state index is 0.0868. The van der Waals surface area contributed by atoms with Gasteiger partial charge in [-0.05, 0) is 31.5 Å². The highest BCUT2D eigenvalue weighted by atomic mass is 32.1. The van der Waals surface area contributed by atoms with E-state index in [0.717, 1.165) is 32.9 Å². The molecule has 2 aromatic heterocycles. The second kappa shape index (κ2) is 7.15. The van der Waals surface area contributed by atoms with Crippen LogP contribution in [0, 0.1) is 6.92 Å². The summed E-state index contributed by atoms with van der Waals surface area (Å²) in [5.41, 5.74) is 2.27. The number of aryl methyl sites for hydroxylation is 1. The quantitative estimate of drug-likeness (QED) is 0.742. The Bertz CT molecular complexity index is 830.